The molecule has 0 unspecified atom stereocenters. The second-order valence-corrected chi connectivity index (χ2v) is 13.0. The first-order valence-corrected chi connectivity index (χ1v) is 16.3. The van der Waals surface area contributed by atoms with Crippen LogP contribution in [0.4, 0.5) is 0 Å². The Kier molecular flexibility index (Phi) is 12.8. The van der Waals surface area contributed by atoms with Crippen molar-refractivity contribution in [2.45, 2.75) is 65.1 Å². The number of hydrogen-bond donors (Lipinski definition) is 0. The van der Waals surface area contributed by atoms with Gasteiger partial charge in [-0.15, -0.1) is 0 Å². The van der Waals surface area contributed by atoms with Crippen molar-refractivity contribution in [3.8, 4) is 0 Å². The predicted molar refractivity (Wildman–Crippen MR) is 166 cm³/mol. The molecule has 1 saturated heterocycles. The van der Waals surface area contributed by atoms with E-state index in [0.717, 1.165) is 44.5 Å². The Morgan fingerprint density at radius 3 is 2.05 bits per heavy atom. The number of alkyl halides is 1. The van der Waals surface area contributed by atoms with Crippen molar-refractivity contribution < 1.29 is 9.53 Å². The SMILES string of the molecule is C.CCCC[IH]c1ccc(C(=O)CCCN2CCC(OC(c3ccccc3)c3ccccc3)CC2)cc1. The molecule has 0 atom stereocenters. The number of halogens is 1. The molecule has 200 valence electrons. The minimum absolute atomic E-state index is 0. The van der Waals surface area contributed by atoms with Gasteiger partial charge in [0, 0.05) is 0 Å². The Hall–Kier alpha value is -2.02. The first-order chi connectivity index (χ1) is 17.7. The third-order valence-corrected chi connectivity index (χ3v) is 10.0. The van der Waals surface area contributed by atoms with Gasteiger partial charge in [-0.1, -0.05) is 68.1 Å². The van der Waals surface area contributed by atoms with Crippen LogP contribution in [0, 0.1) is 3.57 Å². The Morgan fingerprint density at radius 2 is 1.49 bits per heavy atom. The standard InChI is InChI=1S/C32H40INO2.CH4/c1-2-3-22-33-29-18-16-26(17-19-29)31(35)15-10-23-34-24-20-30(21-25-34)36-32(27-11-6-4-7-12-27)28-13-8-5-9-14-28;/h4-9,11-14,16-19,30,32-33H,2-3,10,15,20-25H2,1H3;1H4. The summed E-state index contributed by atoms with van der Waals surface area (Å²) in [5, 5.41) is 0. The fraction of sp³-hybridized carbons (Fsp3) is 0.424. The van der Waals surface area contributed by atoms with Gasteiger partial charge in [-0.05, 0) is 11.1 Å². The minimum atomic E-state index is -0.0817. The molecule has 0 aromatic heterocycles. The fourth-order valence-electron chi connectivity index (χ4n) is 4.75. The summed E-state index contributed by atoms with van der Waals surface area (Å²) in [6.07, 6.45) is 6.45. The van der Waals surface area contributed by atoms with Gasteiger partial charge in [0.15, 0.2) is 0 Å². The van der Waals surface area contributed by atoms with Gasteiger partial charge in [-0.25, -0.2) is 0 Å². The molecule has 0 aliphatic carbocycles. The van der Waals surface area contributed by atoms with Crippen molar-refractivity contribution in [2.24, 2.45) is 0 Å². The summed E-state index contributed by atoms with van der Waals surface area (Å²) >= 11 is -0.0817. The number of benzene rings is 3. The summed E-state index contributed by atoms with van der Waals surface area (Å²) in [6.45, 7) is 5.30. The van der Waals surface area contributed by atoms with E-state index in [1.165, 1.54) is 32.0 Å². The van der Waals surface area contributed by atoms with E-state index >= 15 is 0 Å². The number of ether oxygens (including phenoxy) is 1. The van der Waals surface area contributed by atoms with Gasteiger partial charge >= 0.3 is 146 Å². The monoisotopic (exact) mass is 613 g/mol. The van der Waals surface area contributed by atoms with Crippen LogP contribution in [0.5, 0.6) is 0 Å². The van der Waals surface area contributed by atoms with Crippen LogP contribution in [0.25, 0.3) is 0 Å². The average Bonchev–Trinajstić information content (AvgIpc) is 2.94. The number of rotatable bonds is 13. The molecule has 4 heteroatoms. The van der Waals surface area contributed by atoms with E-state index in [4.69, 9.17) is 4.74 Å². The molecule has 3 aromatic carbocycles. The number of hydrogen-bond acceptors (Lipinski definition) is 3. The number of piperidine rings is 1. The third-order valence-electron chi connectivity index (χ3n) is 6.89. The van der Waals surface area contributed by atoms with E-state index in [0.29, 0.717) is 6.42 Å². The number of Topliss-reactive ketones (excluding diaryl/α,β-unsaturated/α-hetero) is 1. The van der Waals surface area contributed by atoms with Crippen molar-refractivity contribution in [1.82, 2.24) is 4.90 Å². The van der Waals surface area contributed by atoms with E-state index < -0.39 is 0 Å². The molecule has 1 aliphatic heterocycles. The van der Waals surface area contributed by atoms with Crippen LogP contribution in [0.2, 0.25) is 0 Å². The first-order valence-electron chi connectivity index (χ1n) is 13.5. The molecule has 0 spiro atoms. The van der Waals surface area contributed by atoms with E-state index in [-0.39, 0.29) is 46.6 Å². The summed E-state index contributed by atoms with van der Waals surface area (Å²) in [5.74, 6) is 0.280. The van der Waals surface area contributed by atoms with Crippen LogP contribution < -0.4 is 0 Å². The van der Waals surface area contributed by atoms with Gasteiger partial charge in [0.2, 0.25) is 0 Å². The van der Waals surface area contributed by atoms with E-state index in [1.807, 2.05) is 12.1 Å². The molecule has 0 radical (unpaired) electrons. The number of unbranched alkanes of at least 4 members (excludes halogenated alkanes) is 1. The molecular weight excluding hydrogens is 569 g/mol. The fourth-order valence-corrected chi connectivity index (χ4v) is 7.59. The number of carbonyl (C=O) groups excluding carboxylic acids is 1. The molecule has 0 amide bonds. The number of likely N-dealkylation sites (tertiary alicyclic amines) is 1. The Labute approximate surface area is 234 Å². The Morgan fingerprint density at radius 1 is 0.892 bits per heavy atom. The van der Waals surface area contributed by atoms with Gasteiger partial charge in [-0.3, -0.25) is 0 Å². The van der Waals surface area contributed by atoms with Crippen LogP contribution in [-0.2, 0) is 4.74 Å². The van der Waals surface area contributed by atoms with Gasteiger partial charge in [0.1, 0.15) is 6.10 Å². The molecular formula is C33H44INO2. The van der Waals surface area contributed by atoms with Gasteiger partial charge < -0.3 is 4.74 Å². The number of carbonyl (C=O) groups is 1. The third kappa shape index (κ3) is 9.35. The molecule has 3 aromatic rings. The second kappa shape index (κ2) is 16.1. The van der Waals surface area contributed by atoms with Crippen molar-refractivity contribution in [1.29, 1.82) is 0 Å². The van der Waals surface area contributed by atoms with Gasteiger partial charge in [0.05, 0.1) is 0 Å². The topological polar surface area (TPSA) is 29.5 Å². The zero-order valence-corrected chi connectivity index (χ0v) is 23.8. The molecule has 1 aliphatic rings. The zero-order chi connectivity index (χ0) is 25.0. The number of ketones is 1. The first kappa shape index (κ1) is 29.5. The molecule has 37 heavy (non-hydrogen) atoms. The van der Waals surface area contributed by atoms with Crippen LogP contribution in [0.15, 0.2) is 84.9 Å². The van der Waals surface area contributed by atoms with E-state index in [1.54, 1.807) is 0 Å². The summed E-state index contributed by atoms with van der Waals surface area (Å²) in [5.41, 5.74) is 3.29. The Bertz CT molecular complexity index is 991. The zero-order valence-electron chi connectivity index (χ0n) is 21.5. The maximum atomic E-state index is 12.7. The molecule has 0 bridgehead atoms. The second-order valence-electron chi connectivity index (χ2n) is 9.63. The summed E-state index contributed by atoms with van der Waals surface area (Å²) in [6, 6.07) is 29.6. The van der Waals surface area contributed by atoms with Crippen molar-refractivity contribution in [3.63, 3.8) is 0 Å². The molecule has 3 nitrogen and oxygen atoms in total. The van der Waals surface area contributed by atoms with Crippen molar-refractivity contribution in [3.05, 3.63) is 105 Å². The van der Waals surface area contributed by atoms with Gasteiger partial charge in [-0.2, -0.15) is 0 Å². The summed E-state index contributed by atoms with van der Waals surface area (Å²) in [4.78, 5) is 15.2. The average molecular weight is 614 g/mol. The van der Waals surface area contributed by atoms with Crippen molar-refractivity contribution in [2.75, 3.05) is 24.1 Å². The molecule has 1 fully saturated rings. The normalized spacial score (nSPS) is 14.5. The van der Waals surface area contributed by atoms with Crippen LogP contribution >= 0.6 is 21.2 Å². The van der Waals surface area contributed by atoms with Crippen LogP contribution in [0.1, 0.15) is 80.5 Å². The predicted octanol–water partition coefficient (Wildman–Crippen LogP) is 8.23. The van der Waals surface area contributed by atoms with Gasteiger partial charge in [0.25, 0.3) is 0 Å². The maximum absolute atomic E-state index is 12.7. The van der Waals surface area contributed by atoms with Crippen LogP contribution in [0.3, 0.4) is 0 Å². The molecule has 0 saturated carbocycles. The van der Waals surface area contributed by atoms with Crippen molar-refractivity contribution >= 4 is 27.0 Å². The molecule has 0 N–H and O–H groups in total. The van der Waals surface area contributed by atoms with E-state index in [9.17, 15) is 4.79 Å². The Balaban J connectivity index is 0.00000380. The van der Waals surface area contributed by atoms with Crippen LogP contribution in [-0.4, -0.2) is 40.8 Å². The molecule has 1 heterocycles. The number of nitrogens with zero attached hydrogens (tertiary/aromatic N) is 1. The summed E-state index contributed by atoms with van der Waals surface area (Å²) < 4.78 is 9.50. The van der Waals surface area contributed by atoms with E-state index in [2.05, 4.69) is 84.6 Å². The summed E-state index contributed by atoms with van der Waals surface area (Å²) in [7, 11) is 0. The quantitative estimate of drug-likeness (QED) is 0.0842. The molecule has 4 rings (SSSR count).